The van der Waals surface area contributed by atoms with Crippen molar-refractivity contribution < 1.29 is 85.8 Å². The van der Waals surface area contributed by atoms with E-state index in [1.165, 1.54) is 0 Å². The summed E-state index contributed by atoms with van der Waals surface area (Å²) in [7, 11) is -5.01. The van der Waals surface area contributed by atoms with Gasteiger partial charge in [0.1, 0.15) is 10.1 Å². The molecule has 13 heteroatoms. The van der Waals surface area contributed by atoms with Crippen LogP contribution in [0.2, 0.25) is 0 Å². The van der Waals surface area contributed by atoms with Crippen LogP contribution in [0.5, 0.6) is 0 Å². The third-order valence-electron chi connectivity index (χ3n) is 5.26. The van der Waals surface area contributed by atoms with Gasteiger partial charge in [-0.25, -0.2) is 8.42 Å². The van der Waals surface area contributed by atoms with E-state index in [1.807, 2.05) is 20.8 Å². The second-order valence-corrected chi connectivity index (χ2v) is 10.7. The van der Waals surface area contributed by atoms with Crippen molar-refractivity contribution >= 4 is 51.3 Å². The standard InChI is InChI=1S/C20H38O7S.C3H6OS2.Na.Zn/c1-5-9-11-16(7-3)14-26-19(21)13-18(28(23,24)25)20(22)27-15-17(8-4)12-10-6-2;1-2-4-3(5)6;;/h16-18H,5-15H2,1-4H3,(H,23,24,25);2H2,1H3,(H,5,6);;/q;;+1;/p-1. The minimum Gasteiger partial charge on any atom is -0.747 e. The van der Waals surface area contributed by atoms with Crippen LogP contribution in [-0.4, -0.2) is 54.4 Å². The quantitative estimate of drug-likeness (QED) is 0.0846. The molecule has 0 aromatic heterocycles. The Kier molecular flexibility index (Phi) is 33.2. The largest absolute Gasteiger partial charge is 1.00 e. The Morgan fingerprint density at radius 1 is 0.889 bits per heavy atom. The first-order valence-electron chi connectivity index (χ1n) is 12.1. The number of esters is 2. The zero-order chi connectivity index (χ0) is 26.6. The first kappa shape index (κ1) is 43.8. The molecule has 8 nitrogen and oxygen atoms in total. The number of thiol groups is 1. The van der Waals surface area contributed by atoms with E-state index >= 15 is 0 Å². The van der Waals surface area contributed by atoms with Crippen molar-refractivity contribution in [1.82, 2.24) is 0 Å². The van der Waals surface area contributed by atoms with E-state index in [1.54, 1.807) is 0 Å². The maximum absolute atomic E-state index is 12.1. The summed E-state index contributed by atoms with van der Waals surface area (Å²) < 4.78 is 49.5. The normalized spacial score (nSPS) is 12.9. The number of hydrogen-bond acceptors (Lipinski definition) is 9. The molecule has 0 N–H and O–H groups in total. The summed E-state index contributed by atoms with van der Waals surface area (Å²) in [5, 5.41) is -2.06. The Labute approximate surface area is 264 Å². The van der Waals surface area contributed by atoms with E-state index in [9.17, 15) is 22.6 Å². The summed E-state index contributed by atoms with van der Waals surface area (Å²) in [5.41, 5.74) is 0. The van der Waals surface area contributed by atoms with Crippen molar-refractivity contribution in [3.05, 3.63) is 0 Å². The van der Waals surface area contributed by atoms with Crippen molar-refractivity contribution in [2.75, 3.05) is 19.8 Å². The average molecular weight is 632 g/mol. The van der Waals surface area contributed by atoms with Gasteiger partial charge in [0, 0.05) is 19.5 Å². The Balaban J connectivity index is -0.000000567. The van der Waals surface area contributed by atoms with Crippen molar-refractivity contribution in [3.63, 3.8) is 0 Å². The van der Waals surface area contributed by atoms with Crippen LogP contribution in [0.1, 0.15) is 92.4 Å². The Morgan fingerprint density at radius 2 is 1.33 bits per heavy atom. The molecular formula is C23H43NaO8S3Zn. The second kappa shape index (κ2) is 27.3. The zero-order valence-corrected chi connectivity index (χ0v) is 30.4. The molecule has 0 aromatic carbocycles. The van der Waals surface area contributed by atoms with Gasteiger partial charge in [0.2, 0.25) is 4.38 Å². The fourth-order valence-corrected chi connectivity index (χ4v) is 3.83. The van der Waals surface area contributed by atoms with Gasteiger partial charge >= 0.3 is 41.5 Å². The van der Waals surface area contributed by atoms with E-state index < -0.39 is 33.7 Å². The van der Waals surface area contributed by atoms with Gasteiger partial charge in [-0.05, 0) is 43.8 Å². The van der Waals surface area contributed by atoms with Crippen molar-refractivity contribution in [2.24, 2.45) is 11.8 Å². The fraction of sp³-hybridized carbons (Fsp3) is 0.870. The summed E-state index contributed by atoms with van der Waals surface area (Å²) in [6.07, 6.45) is 6.58. The number of carbonyl (C=O) groups excluding carboxylic acids is 2. The van der Waals surface area contributed by atoms with Crippen LogP contribution in [0.3, 0.4) is 0 Å². The maximum Gasteiger partial charge on any atom is 1.00 e. The molecule has 0 aliphatic rings. The van der Waals surface area contributed by atoms with Crippen LogP contribution in [0, 0.1) is 11.8 Å². The van der Waals surface area contributed by atoms with E-state index in [0.29, 0.717) is 11.0 Å². The topological polar surface area (TPSA) is 119 Å². The number of carbonyl (C=O) groups is 2. The molecule has 3 atom stereocenters. The molecule has 0 fully saturated rings. The molecule has 3 unspecified atom stereocenters. The molecule has 0 aliphatic carbocycles. The summed E-state index contributed by atoms with van der Waals surface area (Å²) in [6, 6.07) is 0. The Bertz CT molecular complexity index is 680. The van der Waals surface area contributed by atoms with E-state index in [-0.39, 0.29) is 74.1 Å². The van der Waals surface area contributed by atoms with Crippen LogP contribution < -0.4 is 29.6 Å². The molecule has 0 radical (unpaired) electrons. The number of hydrogen-bond donors (Lipinski definition) is 1. The number of rotatable bonds is 17. The molecule has 0 bridgehead atoms. The van der Waals surface area contributed by atoms with Crippen LogP contribution >= 0.6 is 24.8 Å². The van der Waals surface area contributed by atoms with Crippen molar-refractivity contribution in [3.8, 4) is 0 Å². The molecule has 36 heavy (non-hydrogen) atoms. The van der Waals surface area contributed by atoms with Crippen LogP contribution in [0.4, 0.5) is 0 Å². The maximum atomic E-state index is 12.1. The third kappa shape index (κ3) is 25.0. The number of ether oxygens (including phenoxy) is 3. The van der Waals surface area contributed by atoms with Gasteiger partial charge < -0.3 is 18.8 Å². The monoisotopic (exact) mass is 630 g/mol. The van der Waals surface area contributed by atoms with Crippen LogP contribution in [0.25, 0.3) is 0 Å². The van der Waals surface area contributed by atoms with Gasteiger partial charge in [-0.15, -0.1) is 0 Å². The van der Waals surface area contributed by atoms with Crippen molar-refractivity contribution in [1.29, 1.82) is 0 Å². The predicted octanol–water partition coefficient (Wildman–Crippen LogP) is 2.05. The SMILES string of the molecule is CCCCC(CC)COC(=O)CC(C(=O)OCC(CC)CCCC)S(=O)(=O)[O-].CCOC(=S)S.[Na+].[Zn]. The molecule has 0 saturated carbocycles. The number of unbranched alkanes of at least 4 members (excludes halogenated alkanes) is 2. The second-order valence-electron chi connectivity index (χ2n) is 8.03. The summed E-state index contributed by atoms with van der Waals surface area (Å²) >= 11 is 8.12. The van der Waals surface area contributed by atoms with Crippen molar-refractivity contribution in [2.45, 2.75) is 97.7 Å². The number of thiocarbonyl (C=S) groups is 1. The Morgan fingerprint density at radius 3 is 1.64 bits per heavy atom. The van der Waals surface area contributed by atoms with Gasteiger partial charge in [-0.3, -0.25) is 9.59 Å². The average Bonchev–Trinajstić information content (AvgIpc) is 2.77. The van der Waals surface area contributed by atoms with Gasteiger partial charge in [0.15, 0.2) is 5.25 Å². The van der Waals surface area contributed by atoms with Crippen LogP contribution in [-0.2, 0) is 53.4 Å². The molecule has 0 rings (SSSR count). The molecule has 0 saturated heterocycles. The van der Waals surface area contributed by atoms with Gasteiger partial charge in [-0.2, -0.15) is 0 Å². The van der Waals surface area contributed by atoms with Crippen LogP contribution in [0.15, 0.2) is 0 Å². The zero-order valence-electron chi connectivity index (χ0n) is 23.0. The first-order valence-corrected chi connectivity index (χ1v) is 14.4. The minimum atomic E-state index is -5.01. The third-order valence-corrected chi connectivity index (χ3v) is 6.56. The molecule has 0 heterocycles. The minimum absolute atomic E-state index is 0. The summed E-state index contributed by atoms with van der Waals surface area (Å²) in [4.78, 5) is 24.1. The molecule has 204 valence electrons. The smallest absolute Gasteiger partial charge is 0.747 e. The molecule has 0 aromatic rings. The first-order chi connectivity index (χ1) is 16.0. The summed E-state index contributed by atoms with van der Waals surface area (Å²) in [5.74, 6) is -1.74. The molecule has 0 aliphatic heterocycles. The van der Waals surface area contributed by atoms with E-state index in [0.717, 1.165) is 51.4 Å². The Hall–Kier alpha value is 0.713. The van der Waals surface area contributed by atoms with Gasteiger partial charge in [0.05, 0.1) is 26.2 Å². The van der Waals surface area contributed by atoms with Gasteiger partial charge in [-0.1, -0.05) is 78.8 Å². The fourth-order valence-electron chi connectivity index (χ4n) is 2.94. The van der Waals surface area contributed by atoms with E-state index in [4.69, 9.17) is 9.47 Å². The molecule has 0 spiro atoms. The molecular weight excluding hydrogens is 589 g/mol. The predicted molar refractivity (Wildman–Crippen MR) is 140 cm³/mol. The van der Waals surface area contributed by atoms with Gasteiger partial charge in [0.25, 0.3) is 0 Å². The summed E-state index contributed by atoms with van der Waals surface area (Å²) in [6.45, 7) is 10.7. The van der Waals surface area contributed by atoms with E-state index in [2.05, 4.69) is 43.4 Å². The molecule has 0 amide bonds.